The van der Waals surface area contributed by atoms with Gasteiger partial charge in [0.15, 0.2) is 0 Å². The minimum absolute atomic E-state index is 0.896. The fourth-order valence-corrected chi connectivity index (χ4v) is 13.5. The van der Waals surface area contributed by atoms with Gasteiger partial charge in [0, 0.05) is 33.2 Å². The van der Waals surface area contributed by atoms with Crippen molar-refractivity contribution in [3.05, 3.63) is 133 Å². The lowest BCUT2D eigenvalue weighted by Gasteiger charge is -2.37. The molecule has 2 nitrogen and oxygen atoms in total. The van der Waals surface area contributed by atoms with Gasteiger partial charge in [-0.25, -0.2) is 0 Å². The molecule has 11 rings (SSSR count). The van der Waals surface area contributed by atoms with E-state index < -0.39 is 0 Å². The monoisotopic (exact) mass is 970 g/mol. The van der Waals surface area contributed by atoms with E-state index in [2.05, 4.69) is 272 Å². The molecule has 0 atom stereocenters. The summed E-state index contributed by atoms with van der Waals surface area (Å²) in [5, 5.41) is 4.58. The van der Waals surface area contributed by atoms with E-state index in [0.717, 1.165) is 44.1 Å². The van der Waals surface area contributed by atoms with Crippen molar-refractivity contribution in [2.24, 2.45) is 0 Å². The molecular formula is C58H56B17NO. The quantitative estimate of drug-likeness (QED) is 0.141. The summed E-state index contributed by atoms with van der Waals surface area (Å²) in [5.74, 6) is 0. The van der Waals surface area contributed by atoms with Crippen LogP contribution in [-0.2, 0) is 0 Å². The van der Waals surface area contributed by atoms with E-state index in [9.17, 15) is 0 Å². The molecule has 1 aromatic heterocycles. The van der Waals surface area contributed by atoms with Crippen molar-refractivity contribution in [1.82, 2.24) is 0 Å². The fraction of sp³-hybridized carbons (Fsp3) is 0. The Hall–Kier alpha value is -6.84. The summed E-state index contributed by atoms with van der Waals surface area (Å²) < 4.78 is 6.76. The molecule has 0 aliphatic rings. The molecule has 10 aromatic carbocycles. The van der Waals surface area contributed by atoms with E-state index in [4.69, 9.17) is 4.42 Å². The van der Waals surface area contributed by atoms with Gasteiger partial charge in [-0.2, -0.15) is 0 Å². The third-order valence-corrected chi connectivity index (χ3v) is 18.8. The smallest absolute Gasteiger partial charge is 0.143 e. The van der Waals surface area contributed by atoms with E-state index in [0.29, 0.717) is 0 Å². The molecule has 0 aliphatic heterocycles. The van der Waals surface area contributed by atoms with Crippen molar-refractivity contribution >= 4 is 276 Å². The molecule has 77 heavy (non-hydrogen) atoms. The number of nitrogens with zero attached hydrogens (tertiary/aromatic N) is 1. The predicted octanol–water partition coefficient (Wildman–Crippen LogP) is -13.1. The van der Waals surface area contributed by atoms with E-state index in [1.807, 2.05) is 0 Å². The molecule has 1 heterocycles. The van der Waals surface area contributed by atoms with Crippen molar-refractivity contribution < 1.29 is 4.42 Å². The highest BCUT2D eigenvalue weighted by atomic mass is 16.3. The zero-order valence-electron chi connectivity index (χ0n) is 48.6. The van der Waals surface area contributed by atoms with Crippen LogP contribution < -0.4 is 97.8 Å². The normalized spacial score (nSPS) is 11.5. The number of benzene rings is 10. The van der Waals surface area contributed by atoms with Gasteiger partial charge in [-0.15, -0.1) is 16.4 Å². The Morgan fingerprint density at radius 1 is 0.286 bits per heavy atom. The van der Waals surface area contributed by atoms with Gasteiger partial charge >= 0.3 is 0 Å². The van der Waals surface area contributed by atoms with Gasteiger partial charge in [-0.05, 0) is 91.4 Å². The lowest BCUT2D eigenvalue weighted by atomic mass is 9.55. The highest BCUT2D eigenvalue weighted by molar-refractivity contribution is 6.72. The van der Waals surface area contributed by atoms with Gasteiger partial charge in [-0.1, -0.05) is 180 Å². The summed E-state index contributed by atoms with van der Waals surface area (Å²) in [7, 11) is 39.9. The second-order valence-electron chi connectivity index (χ2n) is 22.5. The van der Waals surface area contributed by atoms with E-state index in [1.54, 1.807) is 0 Å². The number of rotatable bonds is 8. The summed E-state index contributed by atoms with van der Waals surface area (Å²) in [5.41, 5.74) is 41.0. The Bertz CT molecular complexity index is 4210. The predicted molar refractivity (Wildman–Crippen MR) is 392 cm³/mol. The second-order valence-corrected chi connectivity index (χ2v) is 22.5. The van der Waals surface area contributed by atoms with Gasteiger partial charge in [0.1, 0.15) is 145 Å². The van der Waals surface area contributed by atoms with Gasteiger partial charge in [0.25, 0.3) is 0 Å². The molecule has 0 saturated heterocycles. The zero-order valence-corrected chi connectivity index (χ0v) is 48.6. The van der Waals surface area contributed by atoms with Crippen LogP contribution in [0.1, 0.15) is 0 Å². The van der Waals surface area contributed by atoms with Crippen LogP contribution in [0.3, 0.4) is 0 Å². The van der Waals surface area contributed by atoms with Gasteiger partial charge in [0.2, 0.25) is 0 Å². The molecule has 19 heteroatoms. The molecule has 0 N–H and O–H groups in total. The highest BCUT2D eigenvalue weighted by Gasteiger charge is 2.29. The molecule has 0 aliphatic carbocycles. The van der Waals surface area contributed by atoms with Crippen LogP contribution >= 0.6 is 0 Å². The minimum Gasteiger partial charge on any atom is -0.455 e. The molecular weight excluding hydrogens is 910 g/mol. The topological polar surface area (TPSA) is 16.4 Å². The summed E-state index contributed by atoms with van der Waals surface area (Å²) in [6, 6.07) is 48.7. The van der Waals surface area contributed by atoms with Crippen molar-refractivity contribution in [2.45, 2.75) is 0 Å². The lowest BCUT2D eigenvalue weighted by Crippen LogP contribution is -2.57. The first-order valence-corrected chi connectivity index (χ1v) is 27.6. The molecule has 0 spiro atoms. The van der Waals surface area contributed by atoms with Crippen molar-refractivity contribution in [3.63, 3.8) is 0 Å². The van der Waals surface area contributed by atoms with E-state index in [1.165, 1.54) is 154 Å². The average molecular weight is 967 g/mol. The van der Waals surface area contributed by atoms with Crippen LogP contribution in [-0.4, -0.2) is 133 Å². The number of hydrogen-bond acceptors (Lipinski definition) is 2. The number of hydrogen-bond donors (Lipinski definition) is 0. The van der Waals surface area contributed by atoms with Crippen molar-refractivity contribution in [2.75, 3.05) is 4.90 Å². The minimum atomic E-state index is 0.896. The Kier molecular flexibility index (Phi) is 13.5. The van der Waals surface area contributed by atoms with E-state index >= 15 is 0 Å². The van der Waals surface area contributed by atoms with Crippen LogP contribution in [0, 0.1) is 0 Å². The molecule has 0 bridgehead atoms. The molecule has 0 unspecified atom stereocenters. The Balaban J connectivity index is 1.16. The standard InChI is InChI=1S/C58H56B17NO/c59-39-33(27-14-6-12-25(21-27)23-9-2-1-3-10-23)40(60)53(73)56(52(39)72)76(28-15-7-13-26(22-28)29-17-8-18-32-34(29)31-20-19-24-11-4-5-16-30(24)58(31)77-32)57-54(74)47(67)38(48(68)55(57)75)36-43(63)41(61)35(42(62)44(36)64)37-45(65)49(69)51(71)50(70)46(37)66/h1-22H,59-75H2. The van der Waals surface area contributed by atoms with Gasteiger partial charge in [0.05, 0.1) is 0 Å². The Morgan fingerprint density at radius 3 is 1.29 bits per heavy atom. The van der Waals surface area contributed by atoms with Crippen LogP contribution in [0.4, 0.5) is 17.1 Å². The van der Waals surface area contributed by atoms with E-state index in [-0.39, 0.29) is 0 Å². The third-order valence-electron chi connectivity index (χ3n) is 18.8. The molecule has 0 saturated carbocycles. The lowest BCUT2D eigenvalue weighted by molar-refractivity contribution is 0.673. The van der Waals surface area contributed by atoms with Crippen LogP contribution in [0.25, 0.3) is 88.3 Å². The van der Waals surface area contributed by atoms with Crippen LogP contribution in [0.15, 0.2) is 138 Å². The van der Waals surface area contributed by atoms with Crippen molar-refractivity contribution in [3.8, 4) is 55.6 Å². The summed E-state index contributed by atoms with van der Waals surface area (Å²) in [6.45, 7) is 0. The largest absolute Gasteiger partial charge is 0.455 e. The molecule has 11 aromatic rings. The first-order valence-electron chi connectivity index (χ1n) is 27.6. The highest BCUT2D eigenvalue weighted by Crippen LogP contribution is 2.41. The first-order chi connectivity index (χ1) is 36.8. The maximum Gasteiger partial charge on any atom is 0.143 e. The number of anilines is 3. The third kappa shape index (κ3) is 8.19. The fourth-order valence-electron chi connectivity index (χ4n) is 13.5. The SMILES string of the molecule is Bc1c(B)c(B)c(-c2c(B)c(B)c(-c3c(B)c(B)c(N(c4cccc(-c5cccc6oc7c8ccccc8ccc7c56)c4)c4c(B)c(B)c(-c5cccc(-c6ccccc6)c5)c(B)c4B)c(B)c3B)c(B)c2B)c(B)c1B. The molecule has 350 valence electrons. The van der Waals surface area contributed by atoms with Crippen molar-refractivity contribution in [1.29, 1.82) is 0 Å². The summed E-state index contributed by atoms with van der Waals surface area (Å²) >= 11 is 0. The molecule has 0 radical (unpaired) electrons. The zero-order chi connectivity index (χ0) is 54.6. The summed E-state index contributed by atoms with van der Waals surface area (Å²) in [6.07, 6.45) is 0. The van der Waals surface area contributed by atoms with Crippen LogP contribution in [0.5, 0.6) is 0 Å². The first kappa shape index (κ1) is 52.2. The maximum absolute atomic E-state index is 6.76. The number of furan rings is 1. The summed E-state index contributed by atoms with van der Waals surface area (Å²) in [4.78, 5) is 2.63. The van der Waals surface area contributed by atoms with Gasteiger partial charge < -0.3 is 9.32 Å². The maximum atomic E-state index is 6.76. The van der Waals surface area contributed by atoms with Gasteiger partial charge in [-0.3, -0.25) is 0 Å². The Morgan fingerprint density at radius 2 is 0.714 bits per heavy atom. The number of fused-ring (bicyclic) bond motifs is 5. The van der Waals surface area contributed by atoms with Crippen LogP contribution in [0.2, 0.25) is 0 Å². The molecule has 0 amide bonds. The second kappa shape index (κ2) is 19.9. The average Bonchev–Trinajstić information content (AvgIpc) is 4.03. The molecule has 0 fully saturated rings. The Labute approximate surface area is 471 Å².